The van der Waals surface area contributed by atoms with Gasteiger partial charge in [-0.15, -0.1) is 0 Å². The van der Waals surface area contributed by atoms with Crippen molar-refractivity contribution in [2.45, 2.75) is 45.7 Å². The zero-order valence-electron chi connectivity index (χ0n) is 15.1. The van der Waals surface area contributed by atoms with Crippen molar-refractivity contribution >= 4 is 5.91 Å². The molecule has 0 unspecified atom stereocenters. The third-order valence-electron chi connectivity index (χ3n) is 4.36. The molecule has 1 aliphatic rings. The molecule has 4 heteroatoms. The Hall–Kier alpha value is -2.49. The van der Waals surface area contributed by atoms with E-state index in [0.717, 1.165) is 23.5 Å². The third kappa shape index (κ3) is 4.32. The van der Waals surface area contributed by atoms with E-state index in [0.29, 0.717) is 13.0 Å². The van der Waals surface area contributed by atoms with Gasteiger partial charge in [-0.3, -0.25) is 4.79 Å². The molecule has 25 heavy (non-hydrogen) atoms. The number of carbonyl (C=O) groups is 1. The van der Waals surface area contributed by atoms with Gasteiger partial charge in [0.2, 0.25) is 12.7 Å². The van der Waals surface area contributed by atoms with Crippen LogP contribution in [0.5, 0.6) is 11.5 Å². The number of carbonyl (C=O) groups excluding carboxylic acids is 1. The molecule has 0 saturated carbocycles. The maximum Gasteiger partial charge on any atom is 0.231 e. The molecule has 0 fully saturated rings. The predicted octanol–water partition coefficient (Wildman–Crippen LogP) is 4.18. The normalized spacial score (nSPS) is 12.9. The molecule has 1 aliphatic heterocycles. The minimum Gasteiger partial charge on any atom is -0.454 e. The summed E-state index contributed by atoms with van der Waals surface area (Å²) in [6.07, 6.45) is 1.26. The minimum absolute atomic E-state index is 0.161. The summed E-state index contributed by atoms with van der Waals surface area (Å²) in [6, 6.07) is 16.0. The summed E-state index contributed by atoms with van der Waals surface area (Å²) in [7, 11) is 0. The lowest BCUT2D eigenvalue weighted by Crippen LogP contribution is -2.45. The largest absolute Gasteiger partial charge is 0.454 e. The highest BCUT2D eigenvalue weighted by Crippen LogP contribution is 2.33. The molecule has 0 radical (unpaired) electrons. The highest BCUT2D eigenvalue weighted by Gasteiger charge is 2.27. The van der Waals surface area contributed by atoms with E-state index >= 15 is 0 Å². The average Bonchev–Trinajstić information content (AvgIpc) is 3.05. The molecule has 2 aromatic carbocycles. The standard InChI is InChI=1S/C21H25NO3/c1-21(2,3)22(20(23)12-10-16-7-5-4-6-8-16)14-17-9-11-18-19(13-17)25-15-24-18/h4-9,11,13H,10,12,14-15H2,1-3H3. The van der Waals surface area contributed by atoms with Crippen LogP contribution in [-0.2, 0) is 17.8 Å². The zero-order chi connectivity index (χ0) is 17.9. The van der Waals surface area contributed by atoms with E-state index in [1.54, 1.807) is 0 Å². The fourth-order valence-corrected chi connectivity index (χ4v) is 2.95. The Morgan fingerprint density at radius 3 is 2.44 bits per heavy atom. The Morgan fingerprint density at radius 2 is 1.72 bits per heavy atom. The molecule has 3 rings (SSSR count). The van der Waals surface area contributed by atoms with Crippen molar-refractivity contribution in [1.82, 2.24) is 4.90 Å². The van der Waals surface area contributed by atoms with E-state index in [9.17, 15) is 4.79 Å². The number of rotatable bonds is 5. The van der Waals surface area contributed by atoms with Crippen molar-refractivity contribution in [2.75, 3.05) is 6.79 Å². The van der Waals surface area contributed by atoms with Crippen LogP contribution in [0.25, 0.3) is 0 Å². The summed E-state index contributed by atoms with van der Waals surface area (Å²) < 4.78 is 10.8. The summed E-state index contributed by atoms with van der Waals surface area (Å²) in [5.41, 5.74) is 1.99. The highest BCUT2D eigenvalue weighted by atomic mass is 16.7. The first-order valence-electron chi connectivity index (χ1n) is 8.66. The summed E-state index contributed by atoms with van der Waals surface area (Å²) in [4.78, 5) is 14.8. The van der Waals surface area contributed by atoms with Crippen LogP contribution in [0.4, 0.5) is 0 Å². The van der Waals surface area contributed by atoms with Crippen molar-refractivity contribution in [3.63, 3.8) is 0 Å². The molecule has 0 aromatic heterocycles. The second kappa shape index (κ2) is 7.18. The number of fused-ring (bicyclic) bond motifs is 1. The first-order chi connectivity index (χ1) is 11.9. The Labute approximate surface area is 149 Å². The Morgan fingerprint density at radius 1 is 1.00 bits per heavy atom. The molecule has 0 atom stereocenters. The van der Waals surface area contributed by atoms with Gasteiger partial charge in [0, 0.05) is 18.5 Å². The second-order valence-corrected chi connectivity index (χ2v) is 7.32. The van der Waals surface area contributed by atoms with Crippen LogP contribution in [0.3, 0.4) is 0 Å². The molecule has 132 valence electrons. The number of nitrogens with zero attached hydrogens (tertiary/aromatic N) is 1. The fraction of sp³-hybridized carbons (Fsp3) is 0.381. The van der Waals surface area contributed by atoms with Gasteiger partial charge in [-0.2, -0.15) is 0 Å². The third-order valence-corrected chi connectivity index (χ3v) is 4.36. The van der Waals surface area contributed by atoms with E-state index in [1.165, 1.54) is 5.56 Å². The van der Waals surface area contributed by atoms with Crippen molar-refractivity contribution < 1.29 is 14.3 Å². The molecule has 2 aromatic rings. The van der Waals surface area contributed by atoms with Crippen LogP contribution in [0.2, 0.25) is 0 Å². The van der Waals surface area contributed by atoms with Crippen LogP contribution in [0.15, 0.2) is 48.5 Å². The molecule has 0 aliphatic carbocycles. The van der Waals surface area contributed by atoms with Crippen molar-refractivity contribution in [2.24, 2.45) is 0 Å². The average molecular weight is 339 g/mol. The molecule has 0 spiro atoms. The molecule has 1 heterocycles. The number of benzene rings is 2. The second-order valence-electron chi connectivity index (χ2n) is 7.32. The Bertz CT molecular complexity index is 735. The van der Waals surface area contributed by atoms with Crippen LogP contribution in [0.1, 0.15) is 38.3 Å². The van der Waals surface area contributed by atoms with Crippen LogP contribution in [0, 0.1) is 0 Å². The van der Waals surface area contributed by atoms with Crippen LogP contribution < -0.4 is 9.47 Å². The van der Waals surface area contributed by atoms with Gasteiger partial charge in [0.25, 0.3) is 0 Å². The zero-order valence-corrected chi connectivity index (χ0v) is 15.1. The maximum atomic E-state index is 12.9. The first kappa shape index (κ1) is 17.3. The van der Waals surface area contributed by atoms with Crippen LogP contribution >= 0.6 is 0 Å². The number of hydrogen-bond donors (Lipinski definition) is 0. The molecular formula is C21H25NO3. The van der Waals surface area contributed by atoms with Gasteiger partial charge in [-0.1, -0.05) is 36.4 Å². The van der Waals surface area contributed by atoms with Gasteiger partial charge in [0.15, 0.2) is 11.5 Å². The van der Waals surface area contributed by atoms with Gasteiger partial charge < -0.3 is 14.4 Å². The van der Waals surface area contributed by atoms with Crippen molar-refractivity contribution in [1.29, 1.82) is 0 Å². The van der Waals surface area contributed by atoms with Gasteiger partial charge in [-0.25, -0.2) is 0 Å². The number of ether oxygens (including phenoxy) is 2. The van der Waals surface area contributed by atoms with Gasteiger partial charge in [0.05, 0.1) is 0 Å². The van der Waals surface area contributed by atoms with E-state index in [4.69, 9.17) is 9.47 Å². The molecule has 0 N–H and O–H groups in total. The summed E-state index contributed by atoms with van der Waals surface area (Å²) >= 11 is 0. The Balaban J connectivity index is 1.70. The van der Waals surface area contributed by atoms with E-state index in [2.05, 4.69) is 32.9 Å². The minimum atomic E-state index is -0.246. The van der Waals surface area contributed by atoms with Gasteiger partial charge >= 0.3 is 0 Å². The predicted molar refractivity (Wildman–Crippen MR) is 97.6 cm³/mol. The molecule has 1 amide bonds. The number of hydrogen-bond acceptors (Lipinski definition) is 3. The summed E-state index contributed by atoms with van der Waals surface area (Å²) in [6.45, 7) is 7.03. The molecule has 0 saturated heterocycles. The molecule has 0 bridgehead atoms. The smallest absolute Gasteiger partial charge is 0.231 e. The topological polar surface area (TPSA) is 38.8 Å². The SMILES string of the molecule is CC(C)(C)N(Cc1ccc2c(c1)OCO2)C(=O)CCc1ccccc1. The Kier molecular flexibility index (Phi) is 4.98. The summed E-state index contributed by atoms with van der Waals surface area (Å²) in [5, 5.41) is 0. The first-order valence-corrected chi connectivity index (χ1v) is 8.66. The quantitative estimate of drug-likeness (QED) is 0.820. The molecule has 4 nitrogen and oxygen atoms in total. The van der Waals surface area contributed by atoms with Crippen molar-refractivity contribution in [3.8, 4) is 11.5 Å². The monoisotopic (exact) mass is 339 g/mol. The highest BCUT2D eigenvalue weighted by molar-refractivity contribution is 5.77. The van der Waals surface area contributed by atoms with Crippen molar-refractivity contribution in [3.05, 3.63) is 59.7 Å². The lowest BCUT2D eigenvalue weighted by atomic mass is 10.0. The molecular weight excluding hydrogens is 314 g/mol. The van der Waals surface area contributed by atoms with E-state index in [1.807, 2.05) is 41.3 Å². The lowest BCUT2D eigenvalue weighted by molar-refractivity contribution is -0.136. The lowest BCUT2D eigenvalue weighted by Gasteiger charge is -2.36. The number of aryl methyl sites for hydroxylation is 1. The van der Waals surface area contributed by atoms with Crippen LogP contribution in [-0.4, -0.2) is 23.1 Å². The van der Waals surface area contributed by atoms with E-state index < -0.39 is 0 Å². The van der Waals surface area contributed by atoms with Gasteiger partial charge in [-0.05, 0) is 50.5 Å². The fourth-order valence-electron chi connectivity index (χ4n) is 2.95. The summed E-state index contributed by atoms with van der Waals surface area (Å²) in [5.74, 6) is 1.68. The van der Waals surface area contributed by atoms with E-state index in [-0.39, 0.29) is 18.2 Å². The number of amides is 1. The maximum absolute atomic E-state index is 12.9. The van der Waals surface area contributed by atoms with Gasteiger partial charge in [0.1, 0.15) is 0 Å².